The third-order valence-electron chi connectivity index (χ3n) is 7.65. The lowest BCUT2D eigenvalue weighted by Crippen LogP contribution is -2.71. The monoisotopic (exact) mass is 628 g/mol. The quantitative estimate of drug-likeness (QED) is 0.276. The molecule has 0 aromatic heterocycles. The molecule has 0 spiro atoms. The molecule has 0 bridgehead atoms. The van der Waals surface area contributed by atoms with E-state index in [0.29, 0.717) is 25.0 Å². The molecule has 2 heterocycles. The zero-order valence-electron chi connectivity index (χ0n) is 24.3. The standard InChI is InChI=1S/C30H34F6N4O4/c1-37(2)12-7-6-10-24-27(42)38(17-20-8-4-3-5-9-20)18-25-39(13-11-26(41)40(24)25)28(43)44-19-21-14-22(29(31,32)33)16-23(15-21)30(34,35)36/h3-5,8-9,14-16,24-25H,6-7,10-13,17-19H2,1-2H3/t24-,25+/m0/s1. The van der Waals surface area contributed by atoms with E-state index in [-0.39, 0.29) is 43.9 Å². The van der Waals surface area contributed by atoms with Crippen LogP contribution in [0.25, 0.3) is 0 Å². The Morgan fingerprint density at radius 2 is 1.57 bits per heavy atom. The average molecular weight is 629 g/mol. The van der Waals surface area contributed by atoms with Gasteiger partial charge in [0, 0.05) is 19.5 Å². The molecule has 0 aliphatic carbocycles. The predicted molar refractivity (Wildman–Crippen MR) is 147 cm³/mol. The number of hydrogen-bond acceptors (Lipinski definition) is 5. The number of alkyl halides is 6. The van der Waals surface area contributed by atoms with E-state index in [1.54, 1.807) is 4.90 Å². The molecule has 14 heteroatoms. The van der Waals surface area contributed by atoms with E-state index >= 15 is 0 Å². The number of rotatable bonds is 9. The van der Waals surface area contributed by atoms with E-state index in [4.69, 9.17) is 4.74 Å². The molecule has 3 amide bonds. The van der Waals surface area contributed by atoms with Crippen LogP contribution < -0.4 is 0 Å². The molecule has 2 fully saturated rings. The predicted octanol–water partition coefficient (Wildman–Crippen LogP) is 5.36. The van der Waals surface area contributed by atoms with E-state index in [9.17, 15) is 40.7 Å². The van der Waals surface area contributed by atoms with Crippen molar-refractivity contribution >= 4 is 17.9 Å². The number of carbonyl (C=O) groups is 3. The maximum absolute atomic E-state index is 13.7. The molecule has 2 aliphatic rings. The summed E-state index contributed by atoms with van der Waals surface area (Å²) >= 11 is 0. The van der Waals surface area contributed by atoms with Crippen molar-refractivity contribution in [1.29, 1.82) is 0 Å². The lowest BCUT2D eigenvalue weighted by atomic mass is 9.98. The SMILES string of the molecule is CN(C)CCCC[C@H]1C(=O)N(Cc2ccccc2)C[C@@H]2N(C(=O)OCc3cc(C(F)(F)F)cc(C(F)(F)F)c3)CCC(=O)N21. The summed E-state index contributed by atoms with van der Waals surface area (Å²) in [7, 11) is 3.84. The van der Waals surface area contributed by atoms with Gasteiger partial charge in [-0.25, -0.2) is 4.79 Å². The first kappa shape index (κ1) is 33.1. The van der Waals surface area contributed by atoms with Crippen LogP contribution in [0.1, 0.15) is 47.9 Å². The first-order valence-corrected chi connectivity index (χ1v) is 14.2. The largest absolute Gasteiger partial charge is 0.444 e. The van der Waals surface area contributed by atoms with E-state index in [1.165, 1.54) is 9.80 Å². The summed E-state index contributed by atoms with van der Waals surface area (Å²) < 4.78 is 85.1. The number of piperazine rings is 1. The molecule has 2 aromatic carbocycles. The number of ether oxygens (including phenoxy) is 1. The van der Waals surface area contributed by atoms with Crippen molar-refractivity contribution in [2.45, 2.75) is 63.4 Å². The molecule has 8 nitrogen and oxygen atoms in total. The number of amides is 3. The molecule has 2 aromatic rings. The second kappa shape index (κ2) is 13.4. The van der Waals surface area contributed by atoms with Crippen molar-refractivity contribution in [2.24, 2.45) is 0 Å². The normalized spacial score (nSPS) is 19.4. The highest BCUT2D eigenvalue weighted by Crippen LogP contribution is 2.37. The van der Waals surface area contributed by atoms with Crippen LogP contribution in [0, 0.1) is 0 Å². The second-order valence-electron chi connectivity index (χ2n) is 11.2. The molecule has 240 valence electrons. The number of fused-ring (bicyclic) bond motifs is 1. The highest BCUT2D eigenvalue weighted by molar-refractivity contribution is 5.90. The highest BCUT2D eigenvalue weighted by atomic mass is 19.4. The van der Waals surface area contributed by atoms with Crippen LogP contribution in [0.15, 0.2) is 48.5 Å². The Balaban J connectivity index is 1.57. The van der Waals surface area contributed by atoms with Gasteiger partial charge in [0.25, 0.3) is 0 Å². The van der Waals surface area contributed by atoms with Crippen LogP contribution in [0.2, 0.25) is 0 Å². The van der Waals surface area contributed by atoms with Crippen LogP contribution in [0.3, 0.4) is 0 Å². The van der Waals surface area contributed by atoms with Gasteiger partial charge < -0.3 is 19.4 Å². The first-order chi connectivity index (χ1) is 20.6. The van der Waals surface area contributed by atoms with E-state index in [1.807, 2.05) is 49.3 Å². The van der Waals surface area contributed by atoms with Crippen molar-refractivity contribution in [3.8, 4) is 0 Å². The number of carbonyl (C=O) groups excluding carboxylic acids is 3. The van der Waals surface area contributed by atoms with Gasteiger partial charge in [-0.1, -0.05) is 30.3 Å². The molecular formula is C30H34F6N4O4. The third-order valence-corrected chi connectivity index (χ3v) is 7.65. The molecule has 44 heavy (non-hydrogen) atoms. The molecule has 4 rings (SSSR count). The van der Waals surface area contributed by atoms with Crippen LogP contribution in [0.5, 0.6) is 0 Å². The number of nitrogens with zero attached hydrogens (tertiary/aromatic N) is 4. The zero-order valence-corrected chi connectivity index (χ0v) is 24.3. The average Bonchev–Trinajstić information content (AvgIpc) is 2.95. The van der Waals surface area contributed by atoms with Gasteiger partial charge in [-0.05, 0) is 69.2 Å². The smallest absolute Gasteiger partial charge is 0.416 e. The lowest BCUT2D eigenvalue weighted by molar-refractivity contribution is -0.169. The fraction of sp³-hybridized carbons (Fsp3) is 0.500. The van der Waals surface area contributed by atoms with Crippen molar-refractivity contribution in [3.05, 3.63) is 70.8 Å². The van der Waals surface area contributed by atoms with Gasteiger partial charge in [0.2, 0.25) is 11.8 Å². The topological polar surface area (TPSA) is 73.4 Å². The number of halogens is 6. The van der Waals surface area contributed by atoms with Crippen LogP contribution in [-0.2, 0) is 39.8 Å². The molecule has 0 radical (unpaired) electrons. The molecule has 2 saturated heterocycles. The summed E-state index contributed by atoms with van der Waals surface area (Å²) in [5, 5.41) is 0. The number of hydrogen-bond donors (Lipinski definition) is 0. The van der Waals surface area contributed by atoms with Crippen molar-refractivity contribution < 1.29 is 45.5 Å². The number of unbranched alkanes of at least 4 members (excludes halogenated alkanes) is 1. The zero-order chi connectivity index (χ0) is 32.2. The van der Waals surface area contributed by atoms with Gasteiger partial charge in [-0.15, -0.1) is 0 Å². The van der Waals surface area contributed by atoms with Gasteiger partial charge in [0.15, 0.2) is 0 Å². The van der Waals surface area contributed by atoms with E-state index < -0.39 is 54.0 Å². The van der Waals surface area contributed by atoms with Gasteiger partial charge in [0.05, 0.1) is 17.7 Å². The minimum Gasteiger partial charge on any atom is -0.444 e. The van der Waals surface area contributed by atoms with Gasteiger partial charge in [-0.3, -0.25) is 14.5 Å². The van der Waals surface area contributed by atoms with Crippen LogP contribution in [0.4, 0.5) is 31.1 Å². The van der Waals surface area contributed by atoms with Gasteiger partial charge in [-0.2, -0.15) is 26.3 Å². The Labute approximate surface area is 251 Å². The minimum absolute atomic E-state index is 0.00150. The molecule has 2 aliphatic heterocycles. The summed E-state index contributed by atoms with van der Waals surface area (Å²) in [6.45, 7) is 0.0138. The maximum Gasteiger partial charge on any atom is 0.416 e. The summed E-state index contributed by atoms with van der Waals surface area (Å²) in [6.07, 6.45) is -10.4. The van der Waals surface area contributed by atoms with Crippen molar-refractivity contribution in [2.75, 3.05) is 33.7 Å². The van der Waals surface area contributed by atoms with Crippen LogP contribution in [-0.4, -0.2) is 83.4 Å². The Kier molecular flexibility index (Phi) is 10.1. The first-order valence-electron chi connectivity index (χ1n) is 14.2. The molecule has 0 N–H and O–H groups in total. The molecular weight excluding hydrogens is 594 g/mol. The highest BCUT2D eigenvalue weighted by Gasteiger charge is 2.49. The Bertz CT molecular complexity index is 1300. The summed E-state index contributed by atoms with van der Waals surface area (Å²) in [5.74, 6) is -0.584. The Morgan fingerprint density at radius 1 is 0.932 bits per heavy atom. The fourth-order valence-electron chi connectivity index (χ4n) is 5.51. The maximum atomic E-state index is 13.7. The molecule has 0 unspecified atom stereocenters. The van der Waals surface area contributed by atoms with Gasteiger partial charge in [0.1, 0.15) is 18.8 Å². The third kappa shape index (κ3) is 8.01. The summed E-state index contributed by atoms with van der Waals surface area (Å²) in [6, 6.07) is 9.30. The lowest BCUT2D eigenvalue weighted by Gasteiger charge is -2.52. The summed E-state index contributed by atoms with van der Waals surface area (Å²) in [5.41, 5.74) is -2.70. The van der Waals surface area contributed by atoms with Crippen molar-refractivity contribution in [1.82, 2.24) is 19.6 Å². The van der Waals surface area contributed by atoms with Crippen LogP contribution >= 0.6 is 0 Å². The Morgan fingerprint density at radius 3 is 2.16 bits per heavy atom. The molecule has 2 atom stereocenters. The molecule has 0 saturated carbocycles. The number of benzene rings is 2. The van der Waals surface area contributed by atoms with E-state index in [2.05, 4.69) is 0 Å². The fourth-order valence-corrected chi connectivity index (χ4v) is 5.51. The van der Waals surface area contributed by atoms with Gasteiger partial charge >= 0.3 is 18.4 Å². The second-order valence-corrected chi connectivity index (χ2v) is 11.2. The summed E-state index contributed by atoms with van der Waals surface area (Å²) in [4.78, 5) is 46.3. The van der Waals surface area contributed by atoms with E-state index in [0.717, 1.165) is 18.5 Å². The van der Waals surface area contributed by atoms with Crippen molar-refractivity contribution in [3.63, 3.8) is 0 Å². The Hall–Kier alpha value is -3.81. The minimum atomic E-state index is -5.05.